The van der Waals surface area contributed by atoms with Gasteiger partial charge in [0.1, 0.15) is 11.5 Å². The molecule has 0 radical (unpaired) electrons. The van der Waals surface area contributed by atoms with Crippen LogP contribution in [0.1, 0.15) is 5.69 Å². The van der Waals surface area contributed by atoms with Crippen molar-refractivity contribution < 1.29 is 13.5 Å². The standard InChI is InChI=1S/C11H11F2N3O/c1-6-3-10(16(2)15-6)17-9-5-7(12)4-8(13)11(9)14/h3-5H,14H2,1-2H3. The Morgan fingerprint density at radius 1 is 1.29 bits per heavy atom. The van der Waals surface area contributed by atoms with Gasteiger partial charge in [0.2, 0.25) is 5.88 Å². The minimum Gasteiger partial charge on any atom is -0.437 e. The van der Waals surface area contributed by atoms with E-state index in [0.29, 0.717) is 11.9 Å². The molecule has 1 heterocycles. The van der Waals surface area contributed by atoms with Crippen LogP contribution in [-0.4, -0.2) is 9.78 Å². The maximum absolute atomic E-state index is 13.2. The van der Waals surface area contributed by atoms with Crippen LogP contribution >= 0.6 is 0 Å². The molecule has 0 spiro atoms. The van der Waals surface area contributed by atoms with Crippen LogP contribution in [0.25, 0.3) is 0 Å². The SMILES string of the molecule is Cc1cc(Oc2cc(F)cc(F)c2N)n(C)n1. The van der Waals surface area contributed by atoms with Crippen LogP contribution in [0, 0.1) is 18.6 Å². The number of ether oxygens (including phenoxy) is 1. The molecule has 2 rings (SSSR count). The summed E-state index contributed by atoms with van der Waals surface area (Å²) in [6, 6.07) is 3.37. The summed E-state index contributed by atoms with van der Waals surface area (Å²) in [6.07, 6.45) is 0. The first-order valence-corrected chi connectivity index (χ1v) is 4.90. The molecule has 0 fully saturated rings. The number of nitrogens with zero attached hydrogens (tertiary/aromatic N) is 2. The molecule has 0 saturated carbocycles. The number of anilines is 1. The zero-order valence-corrected chi connectivity index (χ0v) is 9.37. The van der Waals surface area contributed by atoms with Crippen LogP contribution in [0.2, 0.25) is 0 Å². The smallest absolute Gasteiger partial charge is 0.217 e. The molecule has 0 aliphatic heterocycles. The molecule has 0 atom stereocenters. The summed E-state index contributed by atoms with van der Waals surface area (Å²) in [4.78, 5) is 0. The lowest BCUT2D eigenvalue weighted by Gasteiger charge is -2.08. The molecule has 90 valence electrons. The highest BCUT2D eigenvalue weighted by Crippen LogP contribution is 2.30. The van der Waals surface area contributed by atoms with Crippen molar-refractivity contribution >= 4 is 5.69 Å². The molecule has 2 aromatic rings. The fraction of sp³-hybridized carbons (Fsp3) is 0.182. The number of aryl methyl sites for hydroxylation is 2. The Hall–Kier alpha value is -2.11. The maximum atomic E-state index is 13.2. The van der Waals surface area contributed by atoms with E-state index in [1.165, 1.54) is 4.68 Å². The first kappa shape index (κ1) is 11.4. The molecule has 1 aromatic carbocycles. The highest BCUT2D eigenvalue weighted by Gasteiger charge is 2.12. The zero-order chi connectivity index (χ0) is 12.6. The second kappa shape index (κ2) is 4.04. The topological polar surface area (TPSA) is 53.1 Å². The van der Waals surface area contributed by atoms with Gasteiger partial charge in [-0.05, 0) is 6.92 Å². The van der Waals surface area contributed by atoms with Crippen molar-refractivity contribution in [1.82, 2.24) is 9.78 Å². The molecule has 2 N–H and O–H groups in total. The van der Waals surface area contributed by atoms with Crippen molar-refractivity contribution in [3.63, 3.8) is 0 Å². The van der Waals surface area contributed by atoms with Crippen molar-refractivity contribution in [1.29, 1.82) is 0 Å². The third-order valence-corrected chi connectivity index (χ3v) is 2.23. The average molecular weight is 239 g/mol. The predicted molar refractivity (Wildman–Crippen MR) is 58.8 cm³/mol. The molecule has 17 heavy (non-hydrogen) atoms. The third kappa shape index (κ3) is 2.20. The van der Waals surface area contributed by atoms with Crippen LogP contribution in [0.15, 0.2) is 18.2 Å². The van der Waals surface area contributed by atoms with Crippen LogP contribution in [0.5, 0.6) is 11.6 Å². The van der Waals surface area contributed by atoms with E-state index in [1.807, 2.05) is 0 Å². The number of hydrogen-bond donors (Lipinski definition) is 1. The zero-order valence-electron chi connectivity index (χ0n) is 9.37. The number of rotatable bonds is 2. The lowest BCUT2D eigenvalue weighted by atomic mass is 10.3. The fourth-order valence-corrected chi connectivity index (χ4v) is 1.44. The van der Waals surface area contributed by atoms with Gasteiger partial charge in [-0.2, -0.15) is 5.10 Å². The monoisotopic (exact) mass is 239 g/mol. The van der Waals surface area contributed by atoms with E-state index in [-0.39, 0.29) is 11.4 Å². The lowest BCUT2D eigenvalue weighted by molar-refractivity contribution is 0.425. The number of halogens is 2. The molecular formula is C11H11F2N3O. The second-order valence-corrected chi connectivity index (χ2v) is 3.65. The fourth-order valence-electron chi connectivity index (χ4n) is 1.44. The van der Waals surface area contributed by atoms with Crippen molar-refractivity contribution in [3.05, 3.63) is 35.5 Å². The molecule has 0 saturated heterocycles. The van der Waals surface area contributed by atoms with Crippen molar-refractivity contribution in [2.45, 2.75) is 6.92 Å². The van der Waals surface area contributed by atoms with Gasteiger partial charge in [-0.25, -0.2) is 13.5 Å². The number of nitrogens with two attached hydrogens (primary N) is 1. The largest absolute Gasteiger partial charge is 0.437 e. The molecule has 0 unspecified atom stereocenters. The third-order valence-electron chi connectivity index (χ3n) is 2.23. The van der Waals surface area contributed by atoms with Gasteiger partial charge >= 0.3 is 0 Å². The molecule has 6 heteroatoms. The Balaban J connectivity index is 2.39. The van der Waals surface area contributed by atoms with Gasteiger partial charge in [-0.3, -0.25) is 0 Å². The van der Waals surface area contributed by atoms with E-state index < -0.39 is 11.6 Å². The molecule has 1 aromatic heterocycles. The summed E-state index contributed by atoms with van der Waals surface area (Å²) >= 11 is 0. The van der Waals surface area contributed by atoms with E-state index in [9.17, 15) is 8.78 Å². The highest BCUT2D eigenvalue weighted by molar-refractivity contribution is 5.54. The quantitative estimate of drug-likeness (QED) is 0.818. The lowest BCUT2D eigenvalue weighted by Crippen LogP contribution is -2.00. The summed E-state index contributed by atoms with van der Waals surface area (Å²) in [6.45, 7) is 1.78. The Morgan fingerprint density at radius 2 is 2.00 bits per heavy atom. The van der Waals surface area contributed by atoms with Gasteiger partial charge in [-0.15, -0.1) is 0 Å². The minimum absolute atomic E-state index is 0.0644. The first-order chi connectivity index (χ1) is 7.97. The van der Waals surface area contributed by atoms with Gasteiger partial charge in [0.15, 0.2) is 11.6 Å². The maximum Gasteiger partial charge on any atom is 0.217 e. The number of aromatic nitrogens is 2. The molecule has 0 aliphatic carbocycles. The van der Waals surface area contributed by atoms with Crippen molar-refractivity contribution in [3.8, 4) is 11.6 Å². The molecule has 0 aliphatic rings. The molecule has 4 nitrogen and oxygen atoms in total. The highest BCUT2D eigenvalue weighted by atomic mass is 19.1. The molecule has 0 amide bonds. The number of nitrogen functional groups attached to an aromatic ring is 1. The number of hydrogen-bond acceptors (Lipinski definition) is 3. The van der Waals surface area contributed by atoms with Gasteiger partial charge in [0, 0.05) is 25.2 Å². The summed E-state index contributed by atoms with van der Waals surface area (Å²) in [5.74, 6) is -1.30. The van der Waals surface area contributed by atoms with Crippen LogP contribution in [0.4, 0.5) is 14.5 Å². The van der Waals surface area contributed by atoms with Gasteiger partial charge in [-0.1, -0.05) is 0 Å². The van der Waals surface area contributed by atoms with E-state index in [4.69, 9.17) is 10.5 Å². The van der Waals surface area contributed by atoms with Crippen molar-refractivity contribution in [2.75, 3.05) is 5.73 Å². The van der Waals surface area contributed by atoms with Crippen LogP contribution < -0.4 is 10.5 Å². The predicted octanol–water partition coefficient (Wildman–Crippen LogP) is 2.38. The van der Waals surface area contributed by atoms with E-state index >= 15 is 0 Å². The van der Waals surface area contributed by atoms with Crippen LogP contribution in [0.3, 0.4) is 0 Å². The summed E-state index contributed by atoms with van der Waals surface area (Å²) in [5.41, 5.74) is 5.96. The van der Waals surface area contributed by atoms with E-state index in [0.717, 1.165) is 11.8 Å². The first-order valence-electron chi connectivity index (χ1n) is 4.90. The number of benzene rings is 1. The second-order valence-electron chi connectivity index (χ2n) is 3.65. The Labute approximate surface area is 96.6 Å². The van der Waals surface area contributed by atoms with Gasteiger partial charge in [0.05, 0.1) is 5.69 Å². The Bertz CT molecular complexity index is 566. The molecule has 0 bridgehead atoms. The minimum atomic E-state index is -0.848. The normalized spacial score (nSPS) is 10.6. The van der Waals surface area contributed by atoms with E-state index in [1.54, 1.807) is 20.0 Å². The molecular weight excluding hydrogens is 228 g/mol. The Morgan fingerprint density at radius 3 is 2.59 bits per heavy atom. The van der Waals surface area contributed by atoms with E-state index in [2.05, 4.69) is 5.10 Å². The summed E-state index contributed by atoms with van der Waals surface area (Å²) in [5, 5.41) is 4.05. The van der Waals surface area contributed by atoms with Gasteiger partial charge in [0.25, 0.3) is 0 Å². The van der Waals surface area contributed by atoms with Crippen LogP contribution in [-0.2, 0) is 7.05 Å². The van der Waals surface area contributed by atoms with Gasteiger partial charge < -0.3 is 10.5 Å². The Kier molecular flexibility index (Phi) is 2.71. The van der Waals surface area contributed by atoms with Crippen molar-refractivity contribution in [2.24, 2.45) is 7.05 Å². The summed E-state index contributed by atoms with van der Waals surface area (Å²) < 4.78 is 33.0. The summed E-state index contributed by atoms with van der Waals surface area (Å²) in [7, 11) is 1.66. The average Bonchev–Trinajstić information content (AvgIpc) is 2.53.